The molecule has 0 atom stereocenters. The van der Waals surface area contributed by atoms with Crippen LogP contribution in [0.4, 0.5) is 0 Å². The predicted octanol–water partition coefficient (Wildman–Crippen LogP) is 0.688. The van der Waals surface area contributed by atoms with Crippen LogP contribution in [0, 0.1) is 0 Å². The second-order valence-electron chi connectivity index (χ2n) is 2.80. The first-order chi connectivity index (χ1) is 6.86. The van der Waals surface area contributed by atoms with Crippen LogP contribution in [0.2, 0.25) is 0 Å². The molecule has 0 bridgehead atoms. The Morgan fingerprint density at radius 2 is 2.50 bits per heavy atom. The summed E-state index contributed by atoms with van der Waals surface area (Å²) in [7, 11) is 1.57. The van der Waals surface area contributed by atoms with E-state index in [-0.39, 0.29) is 0 Å². The Bertz CT molecular complexity index is 464. The zero-order chi connectivity index (χ0) is 9.97. The molecular formula is C9H9N3O2. The van der Waals surface area contributed by atoms with Crippen molar-refractivity contribution in [1.82, 2.24) is 14.4 Å². The van der Waals surface area contributed by atoms with Crippen molar-refractivity contribution in [3.05, 3.63) is 30.0 Å². The third-order valence-electron chi connectivity index (χ3n) is 1.94. The molecular weight excluding hydrogens is 182 g/mol. The summed E-state index contributed by atoms with van der Waals surface area (Å²) in [5, 5.41) is 0. The van der Waals surface area contributed by atoms with Gasteiger partial charge in [-0.25, -0.2) is 4.98 Å². The van der Waals surface area contributed by atoms with Crippen LogP contribution in [0.3, 0.4) is 0 Å². The van der Waals surface area contributed by atoms with Crippen LogP contribution in [0.25, 0.3) is 5.65 Å². The highest BCUT2D eigenvalue weighted by molar-refractivity contribution is 5.76. The molecule has 2 aromatic rings. The van der Waals surface area contributed by atoms with Crippen molar-refractivity contribution in [3.63, 3.8) is 0 Å². The number of methoxy groups -OCH3 is 1. The molecule has 0 saturated carbocycles. The van der Waals surface area contributed by atoms with Crippen molar-refractivity contribution >= 4 is 11.9 Å². The Morgan fingerprint density at radius 1 is 1.64 bits per heavy atom. The van der Waals surface area contributed by atoms with Gasteiger partial charge in [0.05, 0.1) is 18.5 Å². The Morgan fingerprint density at radius 3 is 3.21 bits per heavy atom. The molecule has 5 nitrogen and oxygen atoms in total. The second-order valence-corrected chi connectivity index (χ2v) is 2.80. The minimum atomic E-state index is 0.329. The first-order valence-electron chi connectivity index (χ1n) is 4.12. The number of hydrogen-bond donors (Lipinski definition) is 0. The zero-order valence-electron chi connectivity index (χ0n) is 7.67. The summed E-state index contributed by atoms with van der Waals surface area (Å²) in [6.45, 7) is 0.329. The van der Waals surface area contributed by atoms with Gasteiger partial charge in [0.25, 0.3) is 0 Å². The highest BCUT2D eigenvalue weighted by Gasteiger charge is 2.10. The van der Waals surface area contributed by atoms with E-state index in [0.29, 0.717) is 23.6 Å². The van der Waals surface area contributed by atoms with Crippen molar-refractivity contribution in [2.24, 2.45) is 0 Å². The fourth-order valence-electron chi connectivity index (χ4n) is 1.34. The molecule has 0 aliphatic carbocycles. The van der Waals surface area contributed by atoms with E-state index in [2.05, 4.69) is 9.97 Å². The van der Waals surface area contributed by atoms with E-state index < -0.39 is 0 Å². The lowest BCUT2D eigenvalue weighted by Gasteiger charge is -1.94. The number of aldehydes is 1. The summed E-state index contributed by atoms with van der Waals surface area (Å²) in [6.07, 6.45) is 5.68. The molecule has 2 aromatic heterocycles. The van der Waals surface area contributed by atoms with Crippen molar-refractivity contribution in [2.45, 2.75) is 6.61 Å². The smallest absolute Gasteiger partial charge is 0.168 e. The van der Waals surface area contributed by atoms with Gasteiger partial charge >= 0.3 is 0 Å². The molecule has 0 aliphatic heterocycles. The quantitative estimate of drug-likeness (QED) is 0.670. The minimum Gasteiger partial charge on any atom is -0.378 e. The van der Waals surface area contributed by atoms with Crippen molar-refractivity contribution in [3.8, 4) is 0 Å². The number of rotatable bonds is 3. The van der Waals surface area contributed by atoms with E-state index in [1.165, 1.54) is 0 Å². The minimum absolute atomic E-state index is 0.329. The average Bonchev–Trinajstić information content (AvgIpc) is 2.55. The van der Waals surface area contributed by atoms with Crippen LogP contribution in [0.15, 0.2) is 18.6 Å². The van der Waals surface area contributed by atoms with Gasteiger partial charge in [-0.2, -0.15) is 0 Å². The monoisotopic (exact) mass is 191 g/mol. The van der Waals surface area contributed by atoms with Gasteiger partial charge in [0, 0.05) is 19.5 Å². The van der Waals surface area contributed by atoms with E-state index >= 15 is 0 Å². The summed E-state index contributed by atoms with van der Waals surface area (Å²) in [5.74, 6) is 0. The van der Waals surface area contributed by atoms with Crippen molar-refractivity contribution in [1.29, 1.82) is 0 Å². The third-order valence-corrected chi connectivity index (χ3v) is 1.94. The van der Waals surface area contributed by atoms with Crippen molar-refractivity contribution in [2.75, 3.05) is 7.11 Å². The molecule has 2 heterocycles. The maximum Gasteiger partial charge on any atom is 0.168 e. The summed E-state index contributed by atoms with van der Waals surface area (Å²) in [5.41, 5.74) is 1.81. The van der Waals surface area contributed by atoms with Gasteiger partial charge in [-0.3, -0.25) is 14.2 Å². The van der Waals surface area contributed by atoms with E-state index in [1.807, 2.05) is 0 Å². The number of carbonyl (C=O) groups excluding carboxylic acids is 1. The number of fused-ring (bicyclic) bond motifs is 1. The van der Waals surface area contributed by atoms with Crippen LogP contribution in [-0.4, -0.2) is 27.8 Å². The molecule has 5 heteroatoms. The molecule has 0 aliphatic rings. The standard InChI is InChI=1S/C9H9N3O2/c1-14-6-7-8(5-13)12-3-2-10-4-9(12)11-7/h2-5H,6H2,1H3. The molecule has 0 radical (unpaired) electrons. The lowest BCUT2D eigenvalue weighted by molar-refractivity contribution is 0.111. The predicted molar refractivity (Wildman–Crippen MR) is 49.1 cm³/mol. The molecule has 0 unspecified atom stereocenters. The van der Waals surface area contributed by atoms with E-state index in [0.717, 1.165) is 6.29 Å². The molecule has 14 heavy (non-hydrogen) atoms. The largest absolute Gasteiger partial charge is 0.378 e. The lowest BCUT2D eigenvalue weighted by Crippen LogP contribution is -1.96. The van der Waals surface area contributed by atoms with Crippen LogP contribution in [0.1, 0.15) is 16.2 Å². The number of hydrogen-bond acceptors (Lipinski definition) is 4. The van der Waals surface area contributed by atoms with Gasteiger partial charge in [-0.15, -0.1) is 0 Å². The molecule has 0 aromatic carbocycles. The van der Waals surface area contributed by atoms with Gasteiger partial charge < -0.3 is 4.74 Å². The second kappa shape index (κ2) is 3.55. The fourth-order valence-corrected chi connectivity index (χ4v) is 1.34. The van der Waals surface area contributed by atoms with Gasteiger partial charge in [0.2, 0.25) is 0 Å². The van der Waals surface area contributed by atoms with Crippen LogP contribution in [-0.2, 0) is 11.3 Å². The highest BCUT2D eigenvalue weighted by atomic mass is 16.5. The molecule has 0 saturated heterocycles. The Kier molecular flexibility index (Phi) is 2.24. The lowest BCUT2D eigenvalue weighted by atomic mass is 10.3. The molecule has 72 valence electrons. The topological polar surface area (TPSA) is 56.5 Å². The van der Waals surface area contributed by atoms with E-state index in [4.69, 9.17) is 4.74 Å². The van der Waals surface area contributed by atoms with Gasteiger partial charge in [0.15, 0.2) is 11.9 Å². The van der Waals surface area contributed by atoms with Crippen LogP contribution in [0.5, 0.6) is 0 Å². The number of imidazole rings is 1. The summed E-state index contributed by atoms with van der Waals surface area (Å²) in [4.78, 5) is 19.0. The molecule has 0 spiro atoms. The SMILES string of the molecule is COCc1nc2cnccn2c1C=O. The average molecular weight is 191 g/mol. The Hall–Kier alpha value is -1.75. The first-order valence-corrected chi connectivity index (χ1v) is 4.12. The molecule has 2 rings (SSSR count). The number of aromatic nitrogens is 3. The Balaban J connectivity index is 2.65. The highest BCUT2D eigenvalue weighted by Crippen LogP contribution is 2.10. The summed E-state index contributed by atoms with van der Waals surface area (Å²) < 4.78 is 6.63. The van der Waals surface area contributed by atoms with Crippen LogP contribution >= 0.6 is 0 Å². The normalized spacial score (nSPS) is 10.6. The number of ether oxygens (including phenoxy) is 1. The Labute approximate surface area is 80.4 Å². The fraction of sp³-hybridized carbons (Fsp3) is 0.222. The van der Waals surface area contributed by atoms with Crippen LogP contribution < -0.4 is 0 Å². The molecule has 0 fully saturated rings. The molecule has 0 N–H and O–H groups in total. The summed E-state index contributed by atoms with van der Waals surface area (Å²) >= 11 is 0. The maximum atomic E-state index is 10.8. The van der Waals surface area contributed by atoms with Gasteiger partial charge in [0.1, 0.15) is 5.69 Å². The molecule has 0 amide bonds. The number of nitrogens with zero attached hydrogens (tertiary/aromatic N) is 3. The third kappa shape index (κ3) is 1.27. The van der Waals surface area contributed by atoms with Gasteiger partial charge in [-0.05, 0) is 0 Å². The zero-order valence-corrected chi connectivity index (χ0v) is 7.67. The maximum absolute atomic E-state index is 10.8. The van der Waals surface area contributed by atoms with E-state index in [1.54, 1.807) is 30.1 Å². The number of carbonyl (C=O) groups is 1. The van der Waals surface area contributed by atoms with E-state index in [9.17, 15) is 4.79 Å². The first kappa shape index (κ1) is 8.83. The summed E-state index contributed by atoms with van der Waals surface area (Å²) in [6, 6.07) is 0. The van der Waals surface area contributed by atoms with Gasteiger partial charge in [-0.1, -0.05) is 0 Å². The van der Waals surface area contributed by atoms with Crippen molar-refractivity contribution < 1.29 is 9.53 Å².